The largest absolute Gasteiger partial charge is 0.359 e. The summed E-state index contributed by atoms with van der Waals surface area (Å²) in [6.45, 7) is 7.20. The lowest BCUT2D eigenvalue weighted by molar-refractivity contribution is 0.749. The zero-order valence-corrected chi connectivity index (χ0v) is 13.9. The zero-order valence-electron chi connectivity index (χ0n) is 13.9. The van der Waals surface area contributed by atoms with Gasteiger partial charge in [0.1, 0.15) is 5.82 Å². The van der Waals surface area contributed by atoms with Crippen LogP contribution in [0.2, 0.25) is 0 Å². The Morgan fingerprint density at radius 2 is 1.95 bits per heavy atom. The normalized spacial score (nSPS) is 12.0. The SMILES string of the molecule is CCC(C)Nc1nc(C)cc(N(C)CCc2ccncc2)n1. The Morgan fingerprint density at radius 3 is 2.64 bits per heavy atom. The van der Waals surface area contributed by atoms with E-state index in [1.807, 2.05) is 25.4 Å². The van der Waals surface area contributed by atoms with Gasteiger partial charge in [-0.1, -0.05) is 6.92 Å². The zero-order chi connectivity index (χ0) is 15.9. The summed E-state index contributed by atoms with van der Waals surface area (Å²) >= 11 is 0. The van der Waals surface area contributed by atoms with Crippen LogP contribution in [-0.4, -0.2) is 34.6 Å². The standard InChI is InChI=1S/C17H25N5/c1-5-13(2)19-17-20-14(3)12-16(21-17)22(4)11-8-15-6-9-18-10-7-15/h6-7,9-10,12-13H,5,8,11H2,1-4H3,(H,19,20,21). The first kappa shape index (κ1) is 16.2. The van der Waals surface area contributed by atoms with E-state index in [0.717, 1.165) is 30.9 Å². The number of aryl methyl sites for hydroxylation is 1. The van der Waals surface area contributed by atoms with E-state index in [1.165, 1.54) is 5.56 Å². The number of hydrogen-bond donors (Lipinski definition) is 1. The van der Waals surface area contributed by atoms with Crippen LogP contribution in [0.1, 0.15) is 31.5 Å². The second-order valence-electron chi connectivity index (χ2n) is 5.67. The molecule has 2 aromatic heterocycles. The van der Waals surface area contributed by atoms with E-state index in [4.69, 9.17) is 0 Å². The van der Waals surface area contributed by atoms with Crippen LogP contribution in [-0.2, 0) is 6.42 Å². The molecule has 22 heavy (non-hydrogen) atoms. The van der Waals surface area contributed by atoms with Gasteiger partial charge in [-0.25, -0.2) is 4.98 Å². The van der Waals surface area contributed by atoms with E-state index in [-0.39, 0.29) is 0 Å². The second kappa shape index (κ2) is 7.73. The van der Waals surface area contributed by atoms with Crippen molar-refractivity contribution in [1.29, 1.82) is 0 Å². The van der Waals surface area contributed by atoms with Crippen molar-refractivity contribution in [2.75, 3.05) is 23.8 Å². The molecule has 5 nitrogen and oxygen atoms in total. The van der Waals surface area contributed by atoms with Crippen LogP contribution in [0.25, 0.3) is 0 Å². The Hall–Kier alpha value is -2.17. The fourth-order valence-corrected chi connectivity index (χ4v) is 2.10. The number of rotatable bonds is 7. The third-order valence-electron chi connectivity index (χ3n) is 3.70. The van der Waals surface area contributed by atoms with Crippen LogP contribution in [0, 0.1) is 6.92 Å². The molecular formula is C17H25N5. The lowest BCUT2D eigenvalue weighted by atomic mass is 10.2. The number of pyridine rings is 1. The highest BCUT2D eigenvalue weighted by Gasteiger charge is 2.08. The van der Waals surface area contributed by atoms with E-state index in [1.54, 1.807) is 0 Å². The van der Waals surface area contributed by atoms with Crippen LogP contribution in [0.4, 0.5) is 11.8 Å². The van der Waals surface area contributed by atoms with Crippen molar-refractivity contribution in [2.45, 2.75) is 39.7 Å². The molecule has 5 heteroatoms. The highest BCUT2D eigenvalue weighted by atomic mass is 15.2. The average Bonchev–Trinajstić information content (AvgIpc) is 2.52. The third-order valence-corrected chi connectivity index (χ3v) is 3.70. The molecular weight excluding hydrogens is 274 g/mol. The van der Waals surface area contributed by atoms with Crippen LogP contribution in [0.3, 0.4) is 0 Å². The molecule has 0 saturated carbocycles. The number of likely N-dealkylation sites (N-methyl/N-ethyl adjacent to an activating group) is 1. The number of hydrogen-bond acceptors (Lipinski definition) is 5. The van der Waals surface area contributed by atoms with E-state index in [9.17, 15) is 0 Å². The topological polar surface area (TPSA) is 53.9 Å². The quantitative estimate of drug-likeness (QED) is 0.851. The highest BCUT2D eigenvalue weighted by Crippen LogP contribution is 2.15. The minimum absolute atomic E-state index is 0.372. The maximum atomic E-state index is 4.63. The Balaban J connectivity index is 2.03. The summed E-state index contributed by atoms with van der Waals surface area (Å²) < 4.78 is 0. The first-order valence-corrected chi connectivity index (χ1v) is 7.80. The molecule has 1 unspecified atom stereocenters. The fourth-order valence-electron chi connectivity index (χ4n) is 2.10. The Labute approximate surface area is 132 Å². The number of aromatic nitrogens is 3. The molecule has 0 aromatic carbocycles. The first-order valence-electron chi connectivity index (χ1n) is 7.80. The van der Waals surface area contributed by atoms with Crippen molar-refractivity contribution < 1.29 is 0 Å². The van der Waals surface area contributed by atoms with E-state index >= 15 is 0 Å². The lowest BCUT2D eigenvalue weighted by Gasteiger charge is -2.20. The van der Waals surface area contributed by atoms with Crippen molar-refractivity contribution >= 4 is 11.8 Å². The summed E-state index contributed by atoms with van der Waals surface area (Å²) in [6.07, 6.45) is 5.68. The molecule has 1 atom stereocenters. The van der Waals surface area contributed by atoms with Gasteiger partial charge < -0.3 is 10.2 Å². The fraction of sp³-hybridized carbons (Fsp3) is 0.471. The molecule has 2 heterocycles. The smallest absolute Gasteiger partial charge is 0.225 e. The van der Waals surface area contributed by atoms with Crippen LogP contribution < -0.4 is 10.2 Å². The van der Waals surface area contributed by atoms with Crippen LogP contribution >= 0.6 is 0 Å². The molecule has 0 amide bonds. The maximum Gasteiger partial charge on any atom is 0.225 e. The summed E-state index contributed by atoms with van der Waals surface area (Å²) in [7, 11) is 2.07. The summed E-state index contributed by atoms with van der Waals surface area (Å²) in [5, 5.41) is 3.34. The molecule has 0 fully saturated rings. The monoisotopic (exact) mass is 299 g/mol. The second-order valence-corrected chi connectivity index (χ2v) is 5.67. The van der Waals surface area contributed by atoms with Gasteiger partial charge in [-0.05, 0) is 44.4 Å². The molecule has 1 N–H and O–H groups in total. The van der Waals surface area contributed by atoms with Crippen LogP contribution in [0.15, 0.2) is 30.6 Å². The third kappa shape index (κ3) is 4.69. The van der Waals surface area contributed by atoms with Crippen LogP contribution in [0.5, 0.6) is 0 Å². The number of nitrogens with one attached hydrogen (secondary N) is 1. The van der Waals surface area contributed by atoms with Crippen molar-refractivity contribution in [1.82, 2.24) is 15.0 Å². The molecule has 0 spiro atoms. The van der Waals surface area contributed by atoms with Gasteiger partial charge >= 0.3 is 0 Å². The molecule has 0 aliphatic carbocycles. The molecule has 0 aliphatic rings. The highest BCUT2D eigenvalue weighted by molar-refractivity contribution is 5.44. The minimum Gasteiger partial charge on any atom is -0.359 e. The molecule has 0 saturated heterocycles. The molecule has 118 valence electrons. The van der Waals surface area contributed by atoms with Crippen molar-refractivity contribution in [3.05, 3.63) is 41.9 Å². The predicted molar refractivity (Wildman–Crippen MR) is 91.4 cm³/mol. The van der Waals surface area contributed by atoms with Gasteiger partial charge in [0.15, 0.2) is 0 Å². The molecule has 0 radical (unpaired) electrons. The number of nitrogens with zero attached hydrogens (tertiary/aromatic N) is 4. The summed E-state index contributed by atoms with van der Waals surface area (Å²) in [6, 6.07) is 6.50. The Kier molecular flexibility index (Phi) is 5.69. The van der Waals surface area contributed by atoms with Gasteiger partial charge in [-0.2, -0.15) is 4.98 Å². The minimum atomic E-state index is 0.372. The Morgan fingerprint density at radius 1 is 1.23 bits per heavy atom. The number of anilines is 2. The van der Waals surface area contributed by atoms with Gasteiger partial charge in [-0.15, -0.1) is 0 Å². The average molecular weight is 299 g/mol. The summed E-state index contributed by atoms with van der Waals surface area (Å²) in [5.74, 6) is 1.66. The van der Waals surface area contributed by atoms with E-state index in [2.05, 4.69) is 58.2 Å². The van der Waals surface area contributed by atoms with Gasteiger partial charge in [0.2, 0.25) is 5.95 Å². The van der Waals surface area contributed by atoms with Gasteiger partial charge in [-0.3, -0.25) is 4.98 Å². The molecule has 0 bridgehead atoms. The predicted octanol–water partition coefficient (Wildman–Crippen LogP) is 3.07. The van der Waals surface area contributed by atoms with Gasteiger partial charge in [0, 0.05) is 43.8 Å². The van der Waals surface area contributed by atoms with E-state index < -0.39 is 0 Å². The lowest BCUT2D eigenvalue weighted by Crippen LogP contribution is -2.23. The Bertz CT molecular complexity index is 585. The molecule has 2 aromatic rings. The first-order chi connectivity index (χ1) is 10.6. The molecule has 0 aliphatic heterocycles. The van der Waals surface area contributed by atoms with Gasteiger partial charge in [0.05, 0.1) is 0 Å². The van der Waals surface area contributed by atoms with E-state index in [0.29, 0.717) is 12.0 Å². The van der Waals surface area contributed by atoms with Gasteiger partial charge in [0.25, 0.3) is 0 Å². The maximum absolute atomic E-state index is 4.63. The van der Waals surface area contributed by atoms with Crippen molar-refractivity contribution in [3.63, 3.8) is 0 Å². The van der Waals surface area contributed by atoms with Crippen molar-refractivity contribution in [2.24, 2.45) is 0 Å². The molecule has 2 rings (SSSR count). The summed E-state index contributed by atoms with van der Waals surface area (Å²) in [4.78, 5) is 15.3. The van der Waals surface area contributed by atoms with Crippen molar-refractivity contribution in [3.8, 4) is 0 Å². The summed E-state index contributed by atoms with van der Waals surface area (Å²) in [5.41, 5.74) is 2.26.